The van der Waals surface area contributed by atoms with Gasteiger partial charge in [-0.15, -0.1) is 0 Å². The topological polar surface area (TPSA) is 67.2 Å². The summed E-state index contributed by atoms with van der Waals surface area (Å²) in [4.78, 5) is 26.6. The largest absolute Gasteiger partial charge is 0.343 e. The Hall–Kier alpha value is -1.85. The number of hydrogen-bond donors (Lipinski definition) is 1. The molecule has 1 aliphatic rings. The third-order valence-electron chi connectivity index (χ3n) is 4.21. The predicted molar refractivity (Wildman–Crippen MR) is 74.9 cm³/mol. The number of aromatic nitrogens is 2. The molecule has 6 nitrogen and oxygen atoms in total. The molecular formula is C14H22N4O2. The molecule has 110 valence electrons. The highest BCUT2D eigenvalue weighted by Gasteiger charge is 2.48. The van der Waals surface area contributed by atoms with Gasteiger partial charge < -0.3 is 10.2 Å². The Balaban J connectivity index is 2.22. The summed E-state index contributed by atoms with van der Waals surface area (Å²) in [6.45, 7) is 6.73. The lowest BCUT2D eigenvalue weighted by Gasteiger charge is -2.47. The summed E-state index contributed by atoms with van der Waals surface area (Å²) in [5, 5.41) is 6.93. The van der Waals surface area contributed by atoms with E-state index < -0.39 is 11.6 Å². The van der Waals surface area contributed by atoms with E-state index in [1.54, 1.807) is 22.7 Å². The maximum Gasteiger partial charge on any atom is 0.246 e. The lowest BCUT2D eigenvalue weighted by atomic mass is 9.86. The van der Waals surface area contributed by atoms with E-state index in [2.05, 4.69) is 10.4 Å². The van der Waals surface area contributed by atoms with E-state index in [-0.39, 0.29) is 11.8 Å². The molecule has 0 aliphatic carbocycles. The number of rotatable bonds is 5. The minimum atomic E-state index is -0.725. The molecule has 1 saturated heterocycles. The molecule has 0 saturated carbocycles. The van der Waals surface area contributed by atoms with Crippen molar-refractivity contribution in [2.24, 2.45) is 0 Å². The fraction of sp³-hybridized carbons (Fsp3) is 0.643. The zero-order chi connectivity index (χ0) is 14.8. The van der Waals surface area contributed by atoms with Crippen LogP contribution in [0.4, 0.5) is 0 Å². The van der Waals surface area contributed by atoms with Crippen molar-refractivity contribution in [1.29, 1.82) is 0 Å². The number of hydrogen-bond acceptors (Lipinski definition) is 3. The Labute approximate surface area is 119 Å². The van der Waals surface area contributed by atoms with Gasteiger partial charge in [0.25, 0.3) is 0 Å². The Bertz CT molecular complexity index is 479. The predicted octanol–water partition coefficient (Wildman–Crippen LogP) is 0.789. The van der Waals surface area contributed by atoms with Crippen LogP contribution in [0.2, 0.25) is 0 Å². The number of nitrogens with zero attached hydrogens (tertiary/aromatic N) is 3. The second-order valence-electron chi connectivity index (χ2n) is 5.19. The molecule has 20 heavy (non-hydrogen) atoms. The minimum absolute atomic E-state index is 0.0135. The second kappa shape index (κ2) is 5.64. The Morgan fingerprint density at radius 3 is 2.55 bits per heavy atom. The highest BCUT2D eigenvalue weighted by molar-refractivity contribution is 5.99. The van der Waals surface area contributed by atoms with E-state index in [0.717, 1.165) is 0 Å². The smallest absolute Gasteiger partial charge is 0.246 e. The molecule has 0 bridgehead atoms. The van der Waals surface area contributed by atoms with Crippen molar-refractivity contribution in [3.63, 3.8) is 0 Å². The molecule has 1 aromatic heterocycles. The van der Waals surface area contributed by atoms with Crippen LogP contribution >= 0.6 is 0 Å². The molecule has 2 rings (SSSR count). The molecule has 6 heteroatoms. The van der Waals surface area contributed by atoms with Crippen molar-refractivity contribution in [2.45, 2.75) is 51.7 Å². The first-order valence-electron chi connectivity index (χ1n) is 7.15. The Kier molecular flexibility index (Phi) is 4.11. The average Bonchev–Trinajstić information content (AvgIpc) is 2.95. The summed E-state index contributed by atoms with van der Waals surface area (Å²) in [7, 11) is 0. The fourth-order valence-electron chi connectivity index (χ4n) is 2.87. The van der Waals surface area contributed by atoms with Crippen LogP contribution in [0.3, 0.4) is 0 Å². The van der Waals surface area contributed by atoms with Gasteiger partial charge in [-0.1, -0.05) is 13.8 Å². The van der Waals surface area contributed by atoms with Crippen LogP contribution in [0.1, 0.15) is 33.6 Å². The zero-order valence-corrected chi connectivity index (χ0v) is 12.3. The van der Waals surface area contributed by atoms with Gasteiger partial charge in [0.1, 0.15) is 11.6 Å². The first kappa shape index (κ1) is 14.6. The molecular weight excluding hydrogens is 256 g/mol. The summed E-state index contributed by atoms with van der Waals surface area (Å²) >= 11 is 0. The van der Waals surface area contributed by atoms with E-state index in [1.807, 2.05) is 26.1 Å². The van der Waals surface area contributed by atoms with Crippen molar-refractivity contribution < 1.29 is 9.59 Å². The molecule has 2 amide bonds. The molecule has 1 aromatic rings. The lowest BCUT2D eigenvalue weighted by molar-refractivity contribution is -0.158. The SMILES string of the molecule is CCC1(CC)C(=O)NC(C)C(=O)N1CCn1cccn1. The molecule has 1 fully saturated rings. The van der Waals surface area contributed by atoms with Crippen molar-refractivity contribution in [2.75, 3.05) is 6.54 Å². The van der Waals surface area contributed by atoms with Crippen LogP contribution in [0.25, 0.3) is 0 Å². The van der Waals surface area contributed by atoms with Crippen LogP contribution in [-0.4, -0.2) is 44.6 Å². The normalized spacial score (nSPS) is 21.9. The number of piperazine rings is 1. The van der Waals surface area contributed by atoms with Crippen molar-refractivity contribution in [3.8, 4) is 0 Å². The van der Waals surface area contributed by atoms with E-state index in [9.17, 15) is 9.59 Å². The maximum atomic E-state index is 12.4. The van der Waals surface area contributed by atoms with Crippen LogP contribution in [0.5, 0.6) is 0 Å². The van der Waals surface area contributed by atoms with Gasteiger partial charge in [0.15, 0.2) is 0 Å². The van der Waals surface area contributed by atoms with Gasteiger partial charge in [-0.25, -0.2) is 0 Å². The van der Waals surface area contributed by atoms with Crippen LogP contribution in [0, 0.1) is 0 Å². The van der Waals surface area contributed by atoms with Crippen LogP contribution < -0.4 is 5.32 Å². The monoisotopic (exact) mass is 278 g/mol. The highest BCUT2D eigenvalue weighted by atomic mass is 16.2. The lowest BCUT2D eigenvalue weighted by Crippen LogP contribution is -2.70. The third kappa shape index (κ3) is 2.30. The third-order valence-corrected chi connectivity index (χ3v) is 4.21. The summed E-state index contributed by atoms with van der Waals surface area (Å²) in [6, 6.07) is 1.40. The van der Waals surface area contributed by atoms with E-state index in [4.69, 9.17) is 0 Å². The maximum absolute atomic E-state index is 12.4. The van der Waals surface area contributed by atoms with Crippen LogP contribution in [-0.2, 0) is 16.1 Å². The van der Waals surface area contributed by atoms with Crippen molar-refractivity contribution in [1.82, 2.24) is 20.0 Å². The van der Waals surface area contributed by atoms with Gasteiger partial charge in [-0.05, 0) is 25.8 Å². The van der Waals surface area contributed by atoms with Gasteiger partial charge in [0.05, 0.1) is 6.54 Å². The molecule has 0 spiro atoms. The molecule has 2 heterocycles. The quantitative estimate of drug-likeness (QED) is 0.866. The van der Waals surface area contributed by atoms with Gasteiger partial charge >= 0.3 is 0 Å². The highest BCUT2D eigenvalue weighted by Crippen LogP contribution is 2.28. The van der Waals surface area contributed by atoms with Crippen molar-refractivity contribution >= 4 is 11.8 Å². The first-order valence-corrected chi connectivity index (χ1v) is 7.15. The van der Waals surface area contributed by atoms with Gasteiger partial charge in [0.2, 0.25) is 11.8 Å². The zero-order valence-electron chi connectivity index (χ0n) is 12.3. The number of amides is 2. The Morgan fingerprint density at radius 1 is 1.30 bits per heavy atom. The molecule has 0 aromatic carbocycles. The number of carbonyl (C=O) groups is 2. The van der Waals surface area contributed by atoms with Gasteiger partial charge in [-0.3, -0.25) is 14.3 Å². The molecule has 1 atom stereocenters. The Morgan fingerprint density at radius 2 is 2.00 bits per heavy atom. The molecule has 0 radical (unpaired) electrons. The minimum Gasteiger partial charge on any atom is -0.343 e. The summed E-state index contributed by atoms with van der Waals surface area (Å²) < 4.78 is 1.78. The van der Waals surface area contributed by atoms with Gasteiger partial charge in [0, 0.05) is 18.9 Å². The number of carbonyl (C=O) groups excluding carboxylic acids is 2. The van der Waals surface area contributed by atoms with E-state index in [0.29, 0.717) is 25.9 Å². The number of nitrogens with one attached hydrogen (secondary N) is 1. The van der Waals surface area contributed by atoms with Crippen LogP contribution in [0.15, 0.2) is 18.5 Å². The molecule has 1 aliphatic heterocycles. The first-order chi connectivity index (χ1) is 9.55. The molecule has 1 unspecified atom stereocenters. The van der Waals surface area contributed by atoms with Crippen molar-refractivity contribution in [3.05, 3.63) is 18.5 Å². The fourth-order valence-corrected chi connectivity index (χ4v) is 2.87. The van der Waals surface area contributed by atoms with E-state index in [1.165, 1.54) is 0 Å². The average molecular weight is 278 g/mol. The standard InChI is InChI=1S/C14H22N4O2/c1-4-14(5-2)13(20)16-11(3)12(19)18(14)10-9-17-8-6-7-15-17/h6-8,11H,4-5,9-10H2,1-3H3,(H,16,20). The van der Waals surface area contributed by atoms with Gasteiger partial charge in [-0.2, -0.15) is 5.10 Å². The summed E-state index contributed by atoms with van der Waals surface area (Å²) in [5.74, 6) is -0.0597. The summed E-state index contributed by atoms with van der Waals surface area (Å²) in [6.07, 6.45) is 4.80. The summed E-state index contributed by atoms with van der Waals surface area (Å²) in [5.41, 5.74) is -0.725. The second-order valence-corrected chi connectivity index (χ2v) is 5.19. The molecule has 1 N–H and O–H groups in total. The van der Waals surface area contributed by atoms with E-state index >= 15 is 0 Å².